The van der Waals surface area contributed by atoms with Crippen molar-refractivity contribution in [2.75, 3.05) is 0 Å². The van der Waals surface area contributed by atoms with Crippen LogP contribution in [0.15, 0.2) is 28.7 Å². The molecule has 0 spiro atoms. The predicted molar refractivity (Wildman–Crippen MR) is 62.1 cm³/mol. The Morgan fingerprint density at radius 1 is 1.33 bits per heavy atom. The van der Waals surface area contributed by atoms with Crippen molar-refractivity contribution in [1.82, 2.24) is 0 Å². The van der Waals surface area contributed by atoms with E-state index in [2.05, 4.69) is 72.1 Å². The first kappa shape index (κ1) is 9.22. The van der Waals surface area contributed by atoms with Gasteiger partial charge in [-0.1, -0.05) is 59.9 Å². The molecule has 0 N–H and O–H groups in total. The van der Waals surface area contributed by atoms with Gasteiger partial charge in [-0.25, -0.2) is 0 Å². The minimum absolute atomic E-state index is 0.167. The first-order valence-corrected chi connectivity index (χ1v) is 6.11. The molecule has 1 fully saturated rings. The first-order chi connectivity index (χ1) is 5.59. The summed E-state index contributed by atoms with van der Waals surface area (Å²) in [4.78, 5) is 0. The van der Waals surface area contributed by atoms with Crippen molar-refractivity contribution in [3.63, 3.8) is 0 Å². The molecular weight excluding hydrogens is 348 g/mol. The average Bonchev–Trinajstić information content (AvgIpc) is 2.60. The first-order valence-electron chi connectivity index (χ1n) is 3.73. The zero-order valence-electron chi connectivity index (χ0n) is 6.23. The summed E-state index contributed by atoms with van der Waals surface area (Å²) in [5.41, 5.74) is 1.39. The van der Waals surface area contributed by atoms with Gasteiger partial charge in [0.05, 0.1) is 3.23 Å². The summed E-state index contributed by atoms with van der Waals surface area (Å²) < 4.78 is 1.32. The van der Waals surface area contributed by atoms with Crippen LogP contribution in [0.5, 0.6) is 0 Å². The standard InChI is InChI=1S/C9H7Br3/c10-7-3-1-2-6(4-7)8-5-9(8,11)12/h1-4,8H,5H2/t8-/m1/s1. The van der Waals surface area contributed by atoms with Crippen LogP contribution in [0.3, 0.4) is 0 Å². The number of halogens is 3. The lowest BCUT2D eigenvalue weighted by molar-refractivity contribution is 1.12. The highest BCUT2D eigenvalue weighted by atomic mass is 79.9. The Balaban J connectivity index is 2.26. The largest absolute Gasteiger partial charge is 0.0881 e. The predicted octanol–water partition coefficient (Wildman–Crippen LogP) is 4.42. The molecule has 0 unspecified atom stereocenters. The number of hydrogen-bond donors (Lipinski definition) is 0. The van der Waals surface area contributed by atoms with Crippen LogP contribution >= 0.6 is 47.8 Å². The van der Waals surface area contributed by atoms with E-state index in [0.717, 1.165) is 4.47 Å². The summed E-state index contributed by atoms with van der Waals surface area (Å²) in [5.74, 6) is 0.620. The maximum absolute atomic E-state index is 3.62. The van der Waals surface area contributed by atoms with Crippen LogP contribution in [-0.2, 0) is 0 Å². The monoisotopic (exact) mass is 352 g/mol. The van der Waals surface area contributed by atoms with Crippen LogP contribution in [0.2, 0.25) is 0 Å². The summed E-state index contributed by atoms with van der Waals surface area (Å²) >= 11 is 10.7. The Bertz CT molecular complexity index is 306. The number of benzene rings is 1. The van der Waals surface area contributed by atoms with E-state index in [1.165, 1.54) is 12.0 Å². The molecule has 0 amide bonds. The van der Waals surface area contributed by atoms with Gasteiger partial charge in [0.2, 0.25) is 0 Å². The van der Waals surface area contributed by atoms with Crippen molar-refractivity contribution < 1.29 is 0 Å². The number of alkyl halides is 2. The van der Waals surface area contributed by atoms with Gasteiger partial charge in [0.1, 0.15) is 0 Å². The molecule has 0 radical (unpaired) electrons. The summed E-state index contributed by atoms with van der Waals surface area (Å²) in [6.45, 7) is 0. The Hall–Kier alpha value is 0.660. The maximum atomic E-state index is 3.62. The summed E-state index contributed by atoms with van der Waals surface area (Å²) in [6, 6.07) is 8.47. The Morgan fingerprint density at radius 2 is 2.00 bits per heavy atom. The average molecular weight is 355 g/mol. The summed E-state index contributed by atoms with van der Waals surface area (Å²) in [7, 11) is 0. The normalized spacial score (nSPS) is 25.4. The van der Waals surface area contributed by atoms with Gasteiger partial charge in [-0.05, 0) is 24.1 Å². The number of rotatable bonds is 1. The molecule has 1 aliphatic rings. The molecule has 1 atom stereocenters. The second-order valence-electron chi connectivity index (χ2n) is 3.07. The molecule has 12 heavy (non-hydrogen) atoms. The molecule has 2 rings (SSSR count). The van der Waals surface area contributed by atoms with Crippen molar-refractivity contribution in [2.24, 2.45) is 0 Å². The van der Waals surface area contributed by atoms with E-state index < -0.39 is 0 Å². The molecule has 0 aliphatic heterocycles. The van der Waals surface area contributed by atoms with E-state index in [-0.39, 0.29) is 3.23 Å². The van der Waals surface area contributed by atoms with Crippen molar-refractivity contribution in [3.05, 3.63) is 34.3 Å². The van der Waals surface area contributed by atoms with Gasteiger partial charge in [0, 0.05) is 10.4 Å². The topological polar surface area (TPSA) is 0 Å². The van der Waals surface area contributed by atoms with Crippen LogP contribution in [0.4, 0.5) is 0 Å². The van der Waals surface area contributed by atoms with E-state index in [1.807, 2.05) is 0 Å². The fourth-order valence-corrected chi connectivity index (χ4v) is 2.89. The van der Waals surface area contributed by atoms with Gasteiger partial charge in [-0.2, -0.15) is 0 Å². The summed E-state index contributed by atoms with van der Waals surface area (Å²) in [6.07, 6.45) is 1.17. The molecule has 0 bridgehead atoms. The Morgan fingerprint density at radius 3 is 2.50 bits per heavy atom. The molecule has 1 aromatic rings. The molecule has 0 heterocycles. The quantitative estimate of drug-likeness (QED) is 0.655. The van der Waals surface area contributed by atoms with E-state index in [0.29, 0.717) is 5.92 Å². The van der Waals surface area contributed by atoms with Crippen molar-refractivity contribution in [2.45, 2.75) is 15.6 Å². The molecule has 1 saturated carbocycles. The van der Waals surface area contributed by atoms with Crippen LogP contribution in [0.1, 0.15) is 17.9 Å². The molecule has 0 aromatic heterocycles. The van der Waals surface area contributed by atoms with E-state index in [1.54, 1.807) is 0 Å². The van der Waals surface area contributed by atoms with Crippen molar-refractivity contribution in [1.29, 1.82) is 0 Å². The van der Waals surface area contributed by atoms with Gasteiger partial charge < -0.3 is 0 Å². The Kier molecular flexibility index (Phi) is 2.39. The van der Waals surface area contributed by atoms with Crippen LogP contribution in [0.25, 0.3) is 0 Å². The Labute approximate surface area is 97.1 Å². The molecule has 64 valence electrons. The SMILES string of the molecule is Brc1cccc([C@H]2CC2(Br)Br)c1. The molecule has 0 nitrogen and oxygen atoms in total. The van der Waals surface area contributed by atoms with Crippen LogP contribution in [-0.4, -0.2) is 3.23 Å². The number of hydrogen-bond acceptors (Lipinski definition) is 0. The van der Waals surface area contributed by atoms with Gasteiger partial charge in [0.25, 0.3) is 0 Å². The van der Waals surface area contributed by atoms with Gasteiger partial charge >= 0.3 is 0 Å². The molecule has 3 heteroatoms. The van der Waals surface area contributed by atoms with Crippen molar-refractivity contribution in [3.8, 4) is 0 Å². The molecule has 1 aromatic carbocycles. The van der Waals surface area contributed by atoms with Crippen LogP contribution in [0, 0.1) is 0 Å². The van der Waals surface area contributed by atoms with E-state index >= 15 is 0 Å². The fraction of sp³-hybridized carbons (Fsp3) is 0.333. The smallest absolute Gasteiger partial charge is 0.0720 e. The second-order valence-corrected chi connectivity index (χ2v) is 7.88. The van der Waals surface area contributed by atoms with E-state index in [9.17, 15) is 0 Å². The highest BCUT2D eigenvalue weighted by Crippen LogP contribution is 2.62. The third kappa shape index (κ3) is 1.78. The third-order valence-corrected chi connectivity index (χ3v) is 4.32. The second kappa shape index (κ2) is 3.10. The fourth-order valence-electron chi connectivity index (χ4n) is 1.30. The van der Waals surface area contributed by atoms with Gasteiger partial charge in [-0.3, -0.25) is 0 Å². The highest BCUT2D eigenvalue weighted by Gasteiger charge is 2.50. The van der Waals surface area contributed by atoms with Gasteiger partial charge in [0.15, 0.2) is 0 Å². The van der Waals surface area contributed by atoms with Crippen LogP contribution < -0.4 is 0 Å². The molecule has 1 aliphatic carbocycles. The summed E-state index contributed by atoms with van der Waals surface area (Å²) in [5, 5.41) is 0. The van der Waals surface area contributed by atoms with Crippen molar-refractivity contribution >= 4 is 47.8 Å². The lowest BCUT2D eigenvalue weighted by Crippen LogP contribution is -1.87. The zero-order valence-corrected chi connectivity index (χ0v) is 11.0. The molecular formula is C9H7Br3. The van der Waals surface area contributed by atoms with E-state index in [4.69, 9.17) is 0 Å². The maximum Gasteiger partial charge on any atom is 0.0881 e. The highest BCUT2D eigenvalue weighted by molar-refractivity contribution is 9.25. The lowest BCUT2D eigenvalue weighted by atomic mass is 10.1. The lowest BCUT2D eigenvalue weighted by Gasteiger charge is -2.00. The minimum atomic E-state index is 0.167. The third-order valence-electron chi connectivity index (χ3n) is 2.08. The van der Waals surface area contributed by atoms with Gasteiger partial charge in [-0.15, -0.1) is 0 Å². The zero-order chi connectivity index (χ0) is 8.77. The minimum Gasteiger partial charge on any atom is -0.0720 e. The molecule has 0 saturated heterocycles.